The van der Waals surface area contributed by atoms with Crippen molar-refractivity contribution in [3.8, 4) is 6.01 Å². The normalized spacial score (nSPS) is 18.6. The maximum atomic E-state index is 5.75. The molecule has 0 atom stereocenters. The summed E-state index contributed by atoms with van der Waals surface area (Å²) in [7, 11) is 0. The Balaban J connectivity index is 1.68. The largest absolute Gasteiger partial charge is 0.463 e. The van der Waals surface area contributed by atoms with E-state index in [4.69, 9.17) is 4.74 Å². The van der Waals surface area contributed by atoms with Gasteiger partial charge in [0.25, 0.3) is 0 Å². The first-order chi connectivity index (χ1) is 10.3. The zero-order chi connectivity index (χ0) is 14.5. The second-order valence-electron chi connectivity index (χ2n) is 5.90. The number of nitrogens with one attached hydrogen (secondary N) is 1. The Morgan fingerprint density at radius 1 is 1.14 bits per heavy atom. The van der Waals surface area contributed by atoms with Crippen LogP contribution in [0.4, 0.5) is 11.9 Å². The van der Waals surface area contributed by atoms with Crippen LogP contribution in [0.15, 0.2) is 0 Å². The Kier molecular flexibility index (Phi) is 4.72. The number of piperidine rings is 1. The van der Waals surface area contributed by atoms with Crippen molar-refractivity contribution in [3.63, 3.8) is 0 Å². The Morgan fingerprint density at radius 3 is 2.67 bits per heavy atom. The molecule has 1 aliphatic heterocycles. The average Bonchev–Trinajstić information content (AvgIpc) is 3.33. The standard InChI is InChI=1S/C15H25N5O/c1-2-16-13-17-14(20-9-4-3-5-10-20)19-15(18-13)21-11-8-12-6-7-12/h12H,2-11H2,1H3,(H,16,17,18,19). The molecule has 1 saturated heterocycles. The second-order valence-corrected chi connectivity index (χ2v) is 5.90. The lowest BCUT2D eigenvalue weighted by molar-refractivity contribution is 0.279. The lowest BCUT2D eigenvalue weighted by Crippen LogP contribution is -2.31. The minimum atomic E-state index is 0.460. The van der Waals surface area contributed by atoms with E-state index in [9.17, 15) is 0 Å². The summed E-state index contributed by atoms with van der Waals surface area (Å²) in [5, 5.41) is 3.17. The molecule has 1 N–H and O–H groups in total. The molecule has 2 fully saturated rings. The molecule has 0 bridgehead atoms. The van der Waals surface area contributed by atoms with Crippen molar-refractivity contribution in [1.82, 2.24) is 15.0 Å². The number of nitrogens with zero attached hydrogens (tertiary/aromatic N) is 4. The van der Waals surface area contributed by atoms with Crippen molar-refractivity contribution in [2.24, 2.45) is 5.92 Å². The highest BCUT2D eigenvalue weighted by molar-refractivity contribution is 5.38. The van der Waals surface area contributed by atoms with Gasteiger partial charge in [-0.2, -0.15) is 15.0 Å². The van der Waals surface area contributed by atoms with Crippen LogP contribution in [0.5, 0.6) is 6.01 Å². The van der Waals surface area contributed by atoms with Crippen LogP contribution in [0.3, 0.4) is 0 Å². The van der Waals surface area contributed by atoms with E-state index in [0.29, 0.717) is 18.6 Å². The summed E-state index contributed by atoms with van der Waals surface area (Å²) >= 11 is 0. The SMILES string of the molecule is CCNc1nc(OCCC2CC2)nc(N2CCCCC2)n1. The lowest BCUT2D eigenvalue weighted by Gasteiger charge is -2.26. The van der Waals surface area contributed by atoms with E-state index in [1.165, 1.54) is 32.1 Å². The summed E-state index contributed by atoms with van der Waals surface area (Å²) in [5.74, 6) is 2.23. The topological polar surface area (TPSA) is 63.2 Å². The monoisotopic (exact) mass is 291 g/mol. The molecule has 6 nitrogen and oxygen atoms in total. The first-order valence-electron chi connectivity index (χ1n) is 8.23. The van der Waals surface area contributed by atoms with E-state index in [1.54, 1.807) is 0 Å². The molecule has 0 aromatic carbocycles. The first-order valence-corrected chi connectivity index (χ1v) is 8.23. The highest BCUT2D eigenvalue weighted by Gasteiger charge is 2.21. The second kappa shape index (κ2) is 6.91. The van der Waals surface area contributed by atoms with Gasteiger partial charge in [0.05, 0.1) is 6.61 Å². The van der Waals surface area contributed by atoms with Crippen LogP contribution >= 0.6 is 0 Å². The Bertz CT molecular complexity index is 457. The Hall–Kier alpha value is -1.59. The number of aromatic nitrogens is 3. The van der Waals surface area contributed by atoms with Crippen molar-refractivity contribution < 1.29 is 4.74 Å². The van der Waals surface area contributed by atoms with Crippen molar-refractivity contribution in [2.45, 2.75) is 45.4 Å². The molecule has 2 aliphatic rings. The molecule has 2 heterocycles. The lowest BCUT2D eigenvalue weighted by atomic mass is 10.1. The number of anilines is 2. The van der Waals surface area contributed by atoms with Gasteiger partial charge in [-0.15, -0.1) is 0 Å². The fraction of sp³-hybridized carbons (Fsp3) is 0.800. The molecule has 3 rings (SSSR count). The maximum absolute atomic E-state index is 5.75. The van der Waals surface area contributed by atoms with Crippen LogP contribution in [0.1, 0.15) is 45.4 Å². The minimum absolute atomic E-state index is 0.460. The molecular formula is C15H25N5O. The van der Waals surface area contributed by atoms with Gasteiger partial charge in [0.1, 0.15) is 0 Å². The minimum Gasteiger partial charge on any atom is -0.463 e. The molecule has 0 radical (unpaired) electrons. The molecule has 1 aromatic heterocycles. The van der Waals surface area contributed by atoms with Crippen molar-refractivity contribution in [1.29, 1.82) is 0 Å². The van der Waals surface area contributed by atoms with E-state index in [-0.39, 0.29) is 0 Å². The van der Waals surface area contributed by atoms with E-state index in [1.807, 2.05) is 6.92 Å². The molecule has 0 unspecified atom stereocenters. The Morgan fingerprint density at radius 2 is 1.95 bits per heavy atom. The van der Waals surface area contributed by atoms with Crippen LogP contribution in [-0.2, 0) is 0 Å². The summed E-state index contributed by atoms with van der Waals surface area (Å²) in [6, 6.07) is 0.460. The number of ether oxygens (including phenoxy) is 1. The zero-order valence-electron chi connectivity index (χ0n) is 12.8. The molecule has 1 aliphatic carbocycles. The van der Waals surface area contributed by atoms with Crippen LogP contribution in [-0.4, -0.2) is 41.2 Å². The van der Waals surface area contributed by atoms with Crippen LogP contribution in [0.25, 0.3) is 0 Å². The summed E-state index contributed by atoms with van der Waals surface area (Å²) < 4.78 is 5.75. The van der Waals surface area contributed by atoms with Crippen LogP contribution in [0.2, 0.25) is 0 Å². The fourth-order valence-electron chi connectivity index (χ4n) is 2.61. The summed E-state index contributed by atoms with van der Waals surface area (Å²) in [6.07, 6.45) is 7.53. The highest BCUT2D eigenvalue weighted by atomic mass is 16.5. The molecule has 21 heavy (non-hydrogen) atoms. The molecular weight excluding hydrogens is 266 g/mol. The predicted molar refractivity (Wildman–Crippen MR) is 82.9 cm³/mol. The first kappa shape index (κ1) is 14.4. The Labute approximate surface area is 126 Å². The molecule has 6 heteroatoms. The van der Waals surface area contributed by atoms with E-state index < -0.39 is 0 Å². The van der Waals surface area contributed by atoms with Gasteiger partial charge < -0.3 is 15.0 Å². The van der Waals surface area contributed by atoms with Gasteiger partial charge in [0.15, 0.2) is 0 Å². The van der Waals surface area contributed by atoms with Gasteiger partial charge in [0, 0.05) is 19.6 Å². The smallest absolute Gasteiger partial charge is 0.323 e. The molecule has 116 valence electrons. The number of rotatable bonds is 7. The summed E-state index contributed by atoms with van der Waals surface area (Å²) in [4.78, 5) is 15.6. The third-order valence-electron chi connectivity index (χ3n) is 4.03. The number of hydrogen-bond donors (Lipinski definition) is 1. The third-order valence-corrected chi connectivity index (χ3v) is 4.03. The van der Waals surface area contributed by atoms with E-state index >= 15 is 0 Å². The fourth-order valence-corrected chi connectivity index (χ4v) is 2.61. The average molecular weight is 291 g/mol. The van der Waals surface area contributed by atoms with Crippen molar-refractivity contribution >= 4 is 11.9 Å². The maximum Gasteiger partial charge on any atom is 0.323 e. The van der Waals surface area contributed by atoms with Gasteiger partial charge in [-0.1, -0.05) is 12.8 Å². The zero-order valence-corrected chi connectivity index (χ0v) is 12.8. The van der Waals surface area contributed by atoms with Crippen molar-refractivity contribution in [2.75, 3.05) is 36.5 Å². The summed E-state index contributed by atoms with van der Waals surface area (Å²) in [5.41, 5.74) is 0. The third kappa shape index (κ3) is 4.19. The molecule has 0 amide bonds. The highest BCUT2D eigenvalue weighted by Crippen LogP contribution is 2.32. The van der Waals surface area contributed by atoms with Crippen molar-refractivity contribution in [3.05, 3.63) is 0 Å². The van der Waals surface area contributed by atoms with E-state index in [0.717, 1.165) is 37.9 Å². The number of hydrogen-bond acceptors (Lipinski definition) is 6. The van der Waals surface area contributed by atoms with Gasteiger partial charge in [-0.05, 0) is 38.5 Å². The quantitative estimate of drug-likeness (QED) is 0.832. The molecule has 1 saturated carbocycles. The van der Waals surface area contributed by atoms with E-state index in [2.05, 4.69) is 25.2 Å². The van der Waals surface area contributed by atoms with Gasteiger partial charge in [-0.3, -0.25) is 0 Å². The predicted octanol–water partition coefficient (Wildman–Crippen LogP) is 2.47. The van der Waals surface area contributed by atoms with Gasteiger partial charge in [-0.25, -0.2) is 0 Å². The van der Waals surface area contributed by atoms with Gasteiger partial charge in [0.2, 0.25) is 11.9 Å². The van der Waals surface area contributed by atoms with Gasteiger partial charge >= 0.3 is 6.01 Å². The summed E-state index contributed by atoms with van der Waals surface area (Å²) in [6.45, 7) is 5.59. The van der Waals surface area contributed by atoms with Crippen LogP contribution < -0.4 is 15.0 Å². The molecule has 0 spiro atoms. The van der Waals surface area contributed by atoms with Crippen LogP contribution in [0, 0.1) is 5.92 Å². The molecule has 1 aromatic rings.